The highest BCUT2D eigenvalue weighted by atomic mass is 16.2. The van der Waals surface area contributed by atoms with Crippen LogP contribution >= 0.6 is 0 Å². The van der Waals surface area contributed by atoms with Crippen molar-refractivity contribution in [3.05, 3.63) is 24.3 Å². The molecule has 18 heavy (non-hydrogen) atoms. The van der Waals surface area contributed by atoms with E-state index in [-0.39, 0.29) is 24.9 Å². The van der Waals surface area contributed by atoms with Gasteiger partial charge in [-0.3, -0.25) is 14.9 Å². The molecular formula is C11H13N5O2. The van der Waals surface area contributed by atoms with E-state index >= 15 is 0 Å². The first-order valence-corrected chi connectivity index (χ1v) is 5.40. The van der Waals surface area contributed by atoms with E-state index in [1.807, 2.05) is 24.3 Å². The van der Waals surface area contributed by atoms with E-state index in [1.54, 1.807) is 0 Å². The number of nitrogens with two attached hydrogens (primary N) is 1. The number of anilines is 1. The van der Waals surface area contributed by atoms with Gasteiger partial charge in [0.15, 0.2) is 0 Å². The molecule has 0 aliphatic carbocycles. The number of nitrogens with zero attached hydrogens (tertiary/aromatic N) is 1. The zero-order valence-electron chi connectivity index (χ0n) is 9.56. The van der Waals surface area contributed by atoms with Gasteiger partial charge in [0.05, 0.1) is 24.1 Å². The molecule has 7 nitrogen and oxygen atoms in total. The van der Waals surface area contributed by atoms with Crippen molar-refractivity contribution in [2.45, 2.75) is 0 Å². The lowest BCUT2D eigenvalue weighted by Crippen LogP contribution is -2.36. The molecule has 0 unspecified atom stereocenters. The minimum absolute atomic E-state index is 0.132. The Balaban J connectivity index is 1.96. The van der Waals surface area contributed by atoms with Gasteiger partial charge >= 0.3 is 0 Å². The number of para-hydroxylation sites is 2. The summed E-state index contributed by atoms with van der Waals surface area (Å²) in [6, 6.07) is 7.41. The van der Waals surface area contributed by atoms with Gasteiger partial charge in [-0.05, 0) is 12.1 Å². The fourth-order valence-electron chi connectivity index (χ4n) is 1.44. The summed E-state index contributed by atoms with van der Waals surface area (Å²) in [6.07, 6.45) is 0. The second kappa shape index (κ2) is 5.28. The van der Waals surface area contributed by atoms with Crippen LogP contribution in [0.3, 0.4) is 0 Å². The van der Waals surface area contributed by atoms with Crippen LogP contribution in [-0.4, -0.2) is 34.9 Å². The Morgan fingerprint density at radius 2 is 2.06 bits per heavy atom. The third-order valence-corrected chi connectivity index (χ3v) is 2.28. The predicted octanol–water partition coefficient (Wildman–Crippen LogP) is -0.424. The monoisotopic (exact) mass is 247 g/mol. The number of hydrogen-bond acceptors (Lipinski definition) is 4. The lowest BCUT2D eigenvalue weighted by molar-refractivity contribution is -0.123. The molecule has 7 heteroatoms. The highest BCUT2D eigenvalue weighted by Crippen LogP contribution is 2.12. The first-order valence-electron chi connectivity index (χ1n) is 5.40. The summed E-state index contributed by atoms with van der Waals surface area (Å²) < 4.78 is 0. The smallest absolute Gasteiger partial charge is 0.246 e. The molecule has 1 heterocycles. The van der Waals surface area contributed by atoms with Crippen molar-refractivity contribution >= 4 is 28.8 Å². The number of nitrogens with one attached hydrogen (secondary N) is 3. The first-order chi connectivity index (χ1) is 8.69. The summed E-state index contributed by atoms with van der Waals surface area (Å²) in [5.74, 6) is -0.395. The molecule has 0 atom stereocenters. The molecule has 0 radical (unpaired) electrons. The van der Waals surface area contributed by atoms with Gasteiger partial charge in [-0.2, -0.15) is 0 Å². The van der Waals surface area contributed by atoms with Crippen molar-refractivity contribution in [2.75, 3.05) is 18.4 Å². The zero-order chi connectivity index (χ0) is 13.0. The SMILES string of the molecule is NCC(=O)NCC(=O)Nc1nc2ccccc2[nH]1. The number of hydrogen-bond donors (Lipinski definition) is 4. The number of H-pyrrole nitrogens is 1. The van der Waals surface area contributed by atoms with Crippen molar-refractivity contribution in [2.24, 2.45) is 5.73 Å². The fraction of sp³-hybridized carbons (Fsp3) is 0.182. The van der Waals surface area contributed by atoms with Crippen LogP contribution < -0.4 is 16.4 Å². The lowest BCUT2D eigenvalue weighted by Gasteiger charge is -2.02. The minimum Gasteiger partial charge on any atom is -0.346 e. The van der Waals surface area contributed by atoms with E-state index in [1.165, 1.54) is 0 Å². The number of rotatable bonds is 4. The van der Waals surface area contributed by atoms with Crippen LogP contribution in [0.2, 0.25) is 0 Å². The summed E-state index contributed by atoms with van der Waals surface area (Å²) in [5.41, 5.74) is 6.69. The van der Waals surface area contributed by atoms with Gasteiger partial charge in [0.2, 0.25) is 17.8 Å². The maximum absolute atomic E-state index is 11.5. The second-order valence-corrected chi connectivity index (χ2v) is 3.63. The van der Waals surface area contributed by atoms with Gasteiger partial charge in [0.25, 0.3) is 0 Å². The second-order valence-electron chi connectivity index (χ2n) is 3.63. The van der Waals surface area contributed by atoms with E-state index < -0.39 is 0 Å². The van der Waals surface area contributed by atoms with E-state index in [0.29, 0.717) is 5.95 Å². The lowest BCUT2D eigenvalue weighted by atomic mass is 10.3. The number of fused-ring (bicyclic) bond motifs is 1. The van der Waals surface area contributed by atoms with Crippen LogP contribution in [0.4, 0.5) is 5.95 Å². The average Bonchev–Trinajstić information content (AvgIpc) is 2.77. The topological polar surface area (TPSA) is 113 Å². The quantitative estimate of drug-likeness (QED) is 0.587. The number of benzene rings is 1. The average molecular weight is 247 g/mol. The van der Waals surface area contributed by atoms with Gasteiger partial charge in [-0.25, -0.2) is 4.98 Å². The number of carbonyl (C=O) groups excluding carboxylic acids is 2. The van der Waals surface area contributed by atoms with Crippen LogP contribution in [0.5, 0.6) is 0 Å². The van der Waals surface area contributed by atoms with Crippen molar-refractivity contribution in [3.63, 3.8) is 0 Å². The summed E-state index contributed by atoms with van der Waals surface area (Å²) in [7, 11) is 0. The Morgan fingerprint density at radius 3 is 2.78 bits per heavy atom. The molecule has 0 saturated carbocycles. The molecule has 94 valence electrons. The molecule has 0 aliphatic rings. The number of aromatic amines is 1. The molecule has 1 aromatic heterocycles. The number of aromatic nitrogens is 2. The minimum atomic E-state index is -0.380. The molecule has 0 bridgehead atoms. The Labute approximate surface area is 103 Å². The summed E-state index contributed by atoms with van der Waals surface area (Å²) >= 11 is 0. The highest BCUT2D eigenvalue weighted by molar-refractivity contribution is 5.94. The number of imidazole rings is 1. The standard InChI is InChI=1S/C11H13N5O2/c12-5-9(17)13-6-10(18)16-11-14-7-3-1-2-4-8(7)15-11/h1-4H,5-6,12H2,(H,13,17)(H2,14,15,16,18). The molecular weight excluding hydrogens is 234 g/mol. The van der Waals surface area contributed by atoms with E-state index in [2.05, 4.69) is 20.6 Å². The van der Waals surface area contributed by atoms with Gasteiger partial charge in [0, 0.05) is 0 Å². The van der Waals surface area contributed by atoms with E-state index in [4.69, 9.17) is 5.73 Å². The number of amides is 2. The Kier molecular flexibility index (Phi) is 3.54. The van der Waals surface area contributed by atoms with Gasteiger partial charge in [0.1, 0.15) is 0 Å². The van der Waals surface area contributed by atoms with Crippen molar-refractivity contribution in [1.29, 1.82) is 0 Å². The number of carbonyl (C=O) groups is 2. The predicted molar refractivity (Wildman–Crippen MR) is 66.8 cm³/mol. The van der Waals surface area contributed by atoms with Gasteiger partial charge in [-0.15, -0.1) is 0 Å². The van der Waals surface area contributed by atoms with Crippen LogP contribution in [-0.2, 0) is 9.59 Å². The normalized spacial score (nSPS) is 10.3. The Bertz CT molecular complexity index is 545. The molecule has 0 spiro atoms. The Hall–Kier alpha value is -2.41. The molecule has 5 N–H and O–H groups in total. The van der Waals surface area contributed by atoms with E-state index in [9.17, 15) is 9.59 Å². The third-order valence-electron chi connectivity index (χ3n) is 2.28. The van der Waals surface area contributed by atoms with Crippen molar-refractivity contribution < 1.29 is 9.59 Å². The largest absolute Gasteiger partial charge is 0.346 e. The van der Waals surface area contributed by atoms with Gasteiger partial charge in [-0.1, -0.05) is 12.1 Å². The van der Waals surface area contributed by atoms with Crippen LogP contribution in [0.25, 0.3) is 11.0 Å². The van der Waals surface area contributed by atoms with E-state index in [0.717, 1.165) is 11.0 Å². The van der Waals surface area contributed by atoms with Crippen LogP contribution in [0.1, 0.15) is 0 Å². The fourth-order valence-corrected chi connectivity index (χ4v) is 1.44. The molecule has 2 amide bonds. The summed E-state index contributed by atoms with van der Waals surface area (Å²) in [4.78, 5) is 29.5. The molecule has 2 rings (SSSR count). The van der Waals surface area contributed by atoms with Crippen molar-refractivity contribution in [3.8, 4) is 0 Å². The molecule has 1 aromatic carbocycles. The summed E-state index contributed by atoms with van der Waals surface area (Å²) in [6.45, 7) is -0.273. The maximum atomic E-state index is 11.5. The molecule has 0 aliphatic heterocycles. The maximum Gasteiger partial charge on any atom is 0.246 e. The summed E-state index contributed by atoms with van der Waals surface area (Å²) in [5, 5.41) is 4.92. The molecule has 0 fully saturated rings. The van der Waals surface area contributed by atoms with Gasteiger partial charge < -0.3 is 16.0 Å². The molecule has 2 aromatic rings. The highest BCUT2D eigenvalue weighted by Gasteiger charge is 2.07. The molecule has 0 saturated heterocycles. The van der Waals surface area contributed by atoms with Crippen molar-refractivity contribution in [1.82, 2.24) is 15.3 Å². The third kappa shape index (κ3) is 2.83. The zero-order valence-corrected chi connectivity index (χ0v) is 9.56. The Morgan fingerprint density at radius 1 is 1.28 bits per heavy atom. The van der Waals surface area contributed by atoms with Crippen LogP contribution in [0, 0.1) is 0 Å². The first kappa shape index (κ1) is 12.1. The van der Waals surface area contributed by atoms with Crippen LogP contribution in [0.15, 0.2) is 24.3 Å².